The number of aryl methyl sites for hydroxylation is 2. The van der Waals surface area contributed by atoms with Crippen LogP contribution in [0, 0.1) is 13.8 Å². The van der Waals surface area contributed by atoms with E-state index in [1.165, 1.54) is 16.7 Å². The largest absolute Gasteiger partial charge is 0.259 e. The molecule has 1 nitrogen and oxygen atoms in total. The normalized spacial score (nSPS) is 13.2. The van der Waals surface area contributed by atoms with Gasteiger partial charge in [-0.1, -0.05) is 32.0 Å². The summed E-state index contributed by atoms with van der Waals surface area (Å²) in [7, 11) is -0.743. The molecule has 0 radical (unpaired) electrons. The van der Waals surface area contributed by atoms with E-state index in [0.29, 0.717) is 5.75 Å². The molecule has 0 bridgehead atoms. The fraction of sp³-hybridized carbons (Fsp3) is 0.500. The van der Waals surface area contributed by atoms with Crippen molar-refractivity contribution in [2.75, 3.05) is 0 Å². The second-order valence-electron chi connectivity index (χ2n) is 3.94. The minimum Gasteiger partial charge on any atom is -0.259 e. The SMILES string of the molecule is Cc1cccc(C)c1CS(=O)C(C)C. The summed E-state index contributed by atoms with van der Waals surface area (Å²) in [6.45, 7) is 8.17. The second kappa shape index (κ2) is 4.74. The third-order valence-electron chi connectivity index (χ3n) is 2.46. The van der Waals surface area contributed by atoms with Crippen molar-refractivity contribution in [3.8, 4) is 0 Å². The molecule has 0 aliphatic heterocycles. The van der Waals surface area contributed by atoms with E-state index in [9.17, 15) is 4.21 Å². The van der Waals surface area contributed by atoms with Gasteiger partial charge in [-0.2, -0.15) is 0 Å². The molecule has 0 saturated heterocycles. The standard InChI is InChI=1S/C12H18OS/c1-9(2)14(13)8-12-10(3)6-5-7-11(12)4/h5-7,9H,8H2,1-4H3. The third-order valence-corrected chi connectivity index (χ3v) is 4.08. The van der Waals surface area contributed by atoms with Crippen LogP contribution < -0.4 is 0 Å². The first-order valence-corrected chi connectivity index (χ1v) is 6.33. The van der Waals surface area contributed by atoms with E-state index >= 15 is 0 Å². The van der Waals surface area contributed by atoms with Crippen LogP contribution in [0.25, 0.3) is 0 Å². The van der Waals surface area contributed by atoms with Gasteiger partial charge in [0.25, 0.3) is 0 Å². The van der Waals surface area contributed by atoms with Gasteiger partial charge in [-0.25, -0.2) is 0 Å². The fourth-order valence-corrected chi connectivity index (χ4v) is 2.46. The van der Waals surface area contributed by atoms with Gasteiger partial charge in [0.1, 0.15) is 0 Å². The number of benzene rings is 1. The average Bonchev–Trinajstić information content (AvgIpc) is 2.11. The highest BCUT2D eigenvalue weighted by atomic mass is 32.2. The van der Waals surface area contributed by atoms with E-state index in [2.05, 4.69) is 26.0 Å². The Balaban J connectivity index is 2.91. The Hall–Kier alpha value is -0.630. The zero-order valence-corrected chi connectivity index (χ0v) is 10.1. The highest BCUT2D eigenvalue weighted by Crippen LogP contribution is 2.16. The third kappa shape index (κ3) is 2.68. The van der Waals surface area contributed by atoms with Gasteiger partial charge in [0.05, 0.1) is 0 Å². The maximum atomic E-state index is 11.7. The number of hydrogen-bond acceptors (Lipinski definition) is 1. The van der Waals surface area contributed by atoms with E-state index in [-0.39, 0.29) is 5.25 Å². The smallest absolute Gasteiger partial charge is 0.0493 e. The second-order valence-corrected chi connectivity index (χ2v) is 5.94. The van der Waals surface area contributed by atoms with E-state index in [0.717, 1.165) is 0 Å². The van der Waals surface area contributed by atoms with Crippen LogP contribution >= 0.6 is 0 Å². The number of rotatable bonds is 3. The van der Waals surface area contributed by atoms with Gasteiger partial charge in [0.2, 0.25) is 0 Å². The first-order chi connectivity index (χ1) is 6.52. The van der Waals surface area contributed by atoms with E-state index in [1.54, 1.807) is 0 Å². The van der Waals surface area contributed by atoms with E-state index in [1.807, 2.05) is 19.9 Å². The fourth-order valence-electron chi connectivity index (χ4n) is 1.39. The molecule has 0 N–H and O–H groups in total. The van der Waals surface area contributed by atoms with Crippen molar-refractivity contribution in [2.24, 2.45) is 0 Å². The Morgan fingerprint density at radius 2 is 1.71 bits per heavy atom. The zero-order valence-electron chi connectivity index (χ0n) is 9.33. The summed E-state index contributed by atoms with van der Waals surface area (Å²) < 4.78 is 11.7. The molecular weight excluding hydrogens is 192 g/mol. The lowest BCUT2D eigenvalue weighted by atomic mass is 10.1. The van der Waals surface area contributed by atoms with Crippen LogP contribution in [0.5, 0.6) is 0 Å². The van der Waals surface area contributed by atoms with Crippen molar-refractivity contribution in [1.82, 2.24) is 0 Å². The van der Waals surface area contributed by atoms with Crippen LogP contribution in [0.4, 0.5) is 0 Å². The van der Waals surface area contributed by atoms with Gasteiger partial charge in [-0.3, -0.25) is 4.21 Å². The summed E-state index contributed by atoms with van der Waals surface area (Å²) in [6.07, 6.45) is 0. The molecule has 0 amide bonds. The predicted octanol–water partition coefficient (Wildman–Crippen LogP) is 2.96. The first kappa shape index (κ1) is 11.4. The first-order valence-electron chi connectivity index (χ1n) is 4.94. The van der Waals surface area contributed by atoms with Crippen LogP contribution in [0.1, 0.15) is 30.5 Å². The maximum Gasteiger partial charge on any atom is 0.0493 e. The highest BCUT2D eigenvalue weighted by molar-refractivity contribution is 7.84. The van der Waals surface area contributed by atoms with Crippen LogP contribution in [-0.2, 0) is 16.6 Å². The molecule has 0 fully saturated rings. The molecular formula is C12H18OS. The topological polar surface area (TPSA) is 17.1 Å². The van der Waals surface area contributed by atoms with E-state index in [4.69, 9.17) is 0 Å². The van der Waals surface area contributed by atoms with Crippen molar-refractivity contribution < 1.29 is 4.21 Å². The number of hydrogen-bond donors (Lipinski definition) is 0. The van der Waals surface area contributed by atoms with Crippen LogP contribution in [0.2, 0.25) is 0 Å². The molecule has 1 rings (SSSR count). The van der Waals surface area contributed by atoms with Crippen molar-refractivity contribution in [3.63, 3.8) is 0 Å². The summed E-state index contributed by atoms with van der Waals surface area (Å²) in [4.78, 5) is 0. The molecule has 78 valence electrons. The van der Waals surface area contributed by atoms with Crippen molar-refractivity contribution >= 4 is 10.8 Å². The summed E-state index contributed by atoms with van der Waals surface area (Å²) >= 11 is 0. The Kier molecular flexibility index (Phi) is 3.87. The summed E-state index contributed by atoms with van der Waals surface area (Å²) in [5, 5.41) is 0.244. The molecule has 0 aromatic heterocycles. The quantitative estimate of drug-likeness (QED) is 0.749. The Labute approximate surface area is 89.0 Å². The van der Waals surface area contributed by atoms with E-state index < -0.39 is 10.8 Å². The van der Waals surface area contributed by atoms with Gasteiger partial charge >= 0.3 is 0 Å². The highest BCUT2D eigenvalue weighted by Gasteiger charge is 2.09. The van der Waals surface area contributed by atoms with Crippen molar-refractivity contribution in [2.45, 2.75) is 38.7 Å². The molecule has 0 spiro atoms. The van der Waals surface area contributed by atoms with Gasteiger partial charge in [-0.15, -0.1) is 0 Å². The maximum absolute atomic E-state index is 11.7. The van der Waals surface area contributed by atoms with Gasteiger partial charge < -0.3 is 0 Å². The molecule has 2 heteroatoms. The Bertz CT molecular complexity index is 322. The van der Waals surface area contributed by atoms with Crippen LogP contribution in [-0.4, -0.2) is 9.46 Å². The molecule has 0 aliphatic carbocycles. The van der Waals surface area contributed by atoms with Crippen LogP contribution in [0.15, 0.2) is 18.2 Å². The monoisotopic (exact) mass is 210 g/mol. The van der Waals surface area contributed by atoms with Crippen molar-refractivity contribution in [1.29, 1.82) is 0 Å². The minimum absolute atomic E-state index is 0.244. The molecule has 0 aliphatic rings. The molecule has 0 heterocycles. The lowest BCUT2D eigenvalue weighted by Gasteiger charge is -2.11. The molecule has 1 atom stereocenters. The molecule has 1 unspecified atom stereocenters. The molecule has 1 aromatic carbocycles. The lowest BCUT2D eigenvalue weighted by molar-refractivity contribution is 0.676. The van der Waals surface area contributed by atoms with Crippen LogP contribution in [0.3, 0.4) is 0 Å². The Morgan fingerprint density at radius 3 is 2.14 bits per heavy atom. The molecule has 14 heavy (non-hydrogen) atoms. The average molecular weight is 210 g/mol. The molecule has 1 aromatic rings. The van der Waals surface area contributed by atoms with Gasteiger partial charge in [0, 0.05) is 21.8 Å². The lowest BCUT2D eigenvalue weighted by Crippen LogP contribution is -2.09. The molecule has 0 saturated carbocycles. The van der Waals surface area contributed by atoms with Gasteiger partial charge in [0.15, 0.2) is 0 Å². The van der Waals surface area contributed by atoms with Gasteiger partial charge in [-0.05, 0) is 30.5 Å². The minimum atomic E-state index is -0.743. The van der Waals surface area contributed by atoms with Crippen molar-refractivity contribution in [3.05, 3.63) is 34.9 Å². The summed E-state index contributed by atoms with van der Waals surface area (Å²) in [6, 6.07) is 6.21. The predicted molar refractivity (Wildman–Crippen MR) is 62.9 cm³/mol. The summed E-state index contributed by atoms with van der Waals surface area (Å²) in [5.74, 6) is 0.691. The Morgan fingerprint density at radius 1 is 1.21 bits per heavy atom. The summed E-state index contributed by atoms with van der Waals surface area (Å²) in [5.41, 5.74) is 3.75. The zero-order chi connectivity index (χ0) is 10.7.